The van der Waals surface area contributed by atoms with Gasteiger partial charge in [0.1, 0.15) is 5.82 Å². The first-order chi connectivity index (χ1) is 15.6. The number of nitrogens with one attached hydrogen (secondary N) is 1. The van der Waals surface area contributed by atoms with Crippen LogP contribution in [0.15, 0.2) is 65.3 Å². The first kappa shape index (κ1) is 21.1. The lowest BCUT2D eigenvalue weighted by Crippen LogP contribution is -1.96. The van der Waals surface area contributed by atoms with Crippen molar-refractivity contribution in [3.63, 3.8) is 0 Å². The summed E-state index contributed by atoms with van der Waals surface area (Å²) in [4.78, 5) is 9.00. The Balaban J connectivity index is 1.82. The fourth-order valence-corrected chi connectivity index (χ4v) is 3.34. The lowest BCUT2D eigenvalue weighted by molar-refractivity contribution is 0.355. The molecule has 7 nitrogen and oxygen atoms in total. The van der Waals surface area contributed by atoms with Gasteiger partial charge in [0.05, 0.1) is 19.8 Å². The maximum absolute atomic E-state index is 5.70. The van der Waals surface area contributed by atoms with E-state index in [2.05, 4.69) is 32.6 Å². The molecule has 0 aliphatic rings. The summed E-state index contributed by atoms with van der Waals surface area (Å²) in [6, 6.07) is 17.6. The molecule has 0 fully saturated rings. The van der Waals surface area contributed by atoms with Gasteiger partial charge in [-0.1, -0.05) is 41.1 Å². The second kappa shape index (κ2) is 9.34. The Morgan fingerprint density at radius 1 is 1.00 bits per heavy atom. The van der Waals surface area contributed by atoms with E-state index in [-0.39, 0.29) is 0 Å². The molecular formula is C25H24N4O3. The highest BCUT2D eigenvalue weighted by molar-refractivity contribution is 5.89. The van der Waals surface area contributed by atoms with Gasteiger partial charge in [0.15, 0.2) is 11.5 Å². The van der Waals surface area contributed by atoms with E-state index < -0.39 is 0 Å². The van der Waals surface area contributed by atoms with Crippen molar-refractivity contribution in [2.75, 3.05) is 26.6 Å². The molecule has 0 radical (unpaired) electrons. The molecule has 0 saturated carbocycles. The third kappa shape index (κ3) is 4.32. The molecule has 2 heterocycles. The summed E-state index contributed by atoms with van der Waals surface area (Å²) in [6.45, 7) is 2.05. The minimum Gasteiger partial charge on any atom is -0.493 e. The van der Waals surface area contributed by atoms with E-state index in [0.29, 0.717) is 29.0 Å². The van der Waals surface area contributed by atoms with Gasteiger partial charge in [-0.3, -0.25) is 0 Å². The predicted molar refractivity (Wildman–Crippen MR) is 125 cm³/mol. The molecule has 2 aromatic carbocycles. The summed E-state index contributed by atoms with van der Waals surface area (Å²) in [6.07, 6.45) is 3.71. The Hall–Kier alpha value is -4.13. The summed E-state index contributed by atoms with van der Waals surface area (Å²) in [5, 5.41) is 7.27. The number of aromatic nitrogens is 3. The van der Waals surface area contributed by atoms with Crippen molar-refractivity contribution in [3.05, 3.63) is 83.4 Å². The molecular weight excluding hydrogens is 404 g/mol. The van der Waals surface area contributed by atoms with Crippen LogP contribution in [0.4, 0.5) is 5.82 Å². The normalized spacial score (nSPS) is 11.3. The molecule has 162 valence electrons. The quantitative estimate of drug-likeness (QED) is 0.411. The van der Waals surface area contributed by atoms with Crippen molar-refractivity contribution in [1.29, 1.82) is 0 Å². The molecule has 0 aliphatic heterocycles. The van der Waals surface area contributed by atoms with E-state index in [4.69, 9.17) is 14.0 Å². The van der Waals surface area contributed by atoms with Gasteiger partial charge in [-0.25, -0.2) is 4.98 Å². The SMILES string of the molecule is CNc1ncccc1-c1noc(C(=Cc2ccc(OC)c(OC)c2)c2ccc(C)cc2)n1. The lowest BCUT2D eigenvalue weighted by atomic mass is 10.0. The minimum atomic E-state index is 0.407. The number of hydrogen-bond donors (Lipinski definition) is 1. The number of nitrogens with zero attached hydrogens (tertiary/aromatic N) is 3. The number of aryl methyl sites for hydroxylation is 1. The van der Waals surface area contributed by atoms with Crippen LogP contribution in [0.2, 0.25) is 0 Å². The topological polar surface area (TPSA) is 82.3 Å². The van der Waals surface area contributed by atoms with E-state index in [9.17, 15) is 0 Å². The Morgan fingerprint density at radius 3 is 2.50 bits per heavy atom. The van der Waals surface area contributed by atoms with E-state index in [0.717, 1.165) is 22.3 Å². The number of methoxy groups -OCH3 is 2. The third-order valence-electron chi connectivity index (χ3n) is 5.02. The predicted octanol–water partition coefficient (Wildman–Crippen LogP) is 5.09. The second-order valence-corrected chi connectivity index (χ2v) is 7.11. The molecule has 0 saturated heterocycles. The van der Waals surface area contributed by atoms with Crippen LogP contribution in [0.3, 0.4) is 0 Å². The molecule has 0 aliphatic carbocycles. The van der Waals surface area contributed by atoms with Crippen LogP contribution in [0.1, 0.15) is 22.6 Å². The molecule has 0 amide bonds. The Morgan fingerprint density at radius 2 is 1.78 bits per heavy atom. The van der Waals surface area contributed by atoms with Crippen molar-refractivity contribution in [2.24, 2.45) is 0 Å². The van der Waals surface area contributed by atoms with Crippen LogP contribution in [0, 0.1) is 6.92 Å². The highest BCUT2D eigenvalue weighted by atomic mass is 16.5. The average Bonchev–Trinajstić information content (AvgIpc) is 3.32. The van der Waals surface area contributed by atoms with Crippen molar-refractivity contribution in [1.82, 2.24) is 15.1 Å². The first-order valence-corrected chi connectivity index (χ1v) is 10.1. The molecule has 1 N–H and O–H groups in total. The second-order valence-electron chi connectivity index (χ2n) is 7.11. The summed E-state index contributed by atoms with van der Waals surface area (Å²) in [7, 11) is 5.04. The van der Waals surface area contributed by atoms with Crippen molar-refractivity contribution >= 4 is 17.5 Å². The zero-order valence-electron chi connectivity index (χ0n) is 18.4. The van der Waals surface area contributed by atoms with Crippen LogP contribution in [-0.4, -0.2) is 36.4 Å². The number of hydrogen-bond acceptors (Lipinski definition) is 7. The van der Waals surface area contributed by atoms with Crippen LogP contribution < -0.4 is 14.8 Å². The monoisotopic (exact) mass is 428 g/mol. The van der Waals surface area contributed by atoms with Gasteiger partial charge in [0.25, 0.3) is 5.89 Å². The van der Waals surface area contributed by atoms with E-state index in [1.165, 1.54) is 5.56 Å². The molecule has 0 spiro atoms. The Bertz CT molecular complexity index is 1250. The van der Waals surface area contributed by atoms with E-state index in [1.807, 2.05) is 62.5 Å². The fraction of sp³-hybridized carbons (Fsp3) is 0.160. The molecule has 0 bridgehead atoms. The van der Waals surface area contributed by atoms with Gasteiger partial charge in [-0.05, 0) is 48.4 Å². The van der Waals surface area contributed by atoms with Gasteiger partial charge in [0.2, 0.25) is 5.82 Å². The zero-order valence-corrected chi connectivity index (χ0v) is 18.4. The molecule has 0 unspecified atom stereocenters. The number of ether oxygens (including phenoxy) is 2. The third-order valence-corrected chi connectivity index (χ3v) is 5.02. The highest BCUT2D eigenvalue weighted by Crippen LogP contribution is 2.32. The molecule has 32 heavy (non-hydrogen) atoms. The van der Waals surface area contributed by atoms with Crippen molar-refractivity contribution < 1.29 is 14.0 Å². The lowest BCUT2D eigenvalue weighted by Gasteiger charge is -2.09. The maximum Gasteiger partial charge on any atom is 0.258 e. The van der Waals surface area contributed by atoms with Crippen molar-refractivity contribution in [3.8, 4) is 22.9 Å². The smallest absolute Gasteiger partial charge is 0.258 e. The average molecular weight is 428 g/mol. The van der Waals surface area contributed by atoms with Gasteiger partial charge in [-0.2, -0.15) is 4.98 Å². The van der Waals surface area contributed by atoms with Gasteiger partial charge in [0, 0.05) is 18.8 Å². The largest absolute Gasteiger partial charge is 0.493 e. The number of pyridine rings is 1. The van der Waals surface area contributed by atoms with Crippen LogP contribution >= 0.6 is 0 Å². The first-order valence-electron chi connectivity index (χ1n) is 10.1. The van der Waals surface area contributed by atoms with E-state index in [1.54, 1.807) is 20.4 Å². The molecule has 2 aromatic heterocycles. The fourth-order valence-electron chi connectivity index (χ4n) is 3.34. The van der Waals surface area contributed by atoms with Crippen LogP contribution in [0.25, 0.3) is 23.0 Å². The van der Waals surface area contributed by atoms with Gasteiger partial charge < -0.3 is 19.3 Å². The molecule has 7 heteroatoms. The zero-order chi connectivity index (χ0) is 22.5. The van der Waals surface area contributed by atoms with Crippen LogP contribution in [0.5, 0.6) is 11.5 Å². The Kier molecular flexibility index (Phi) is 6.17. The van der Waals surface area contributed by atoms with E-state index >= 15 is 0 Å². The minimum absolute atomic E-state index is 0.407. The summed E-state index contributed by atoms with van der Waals surface area (Å²) >= 11 is 0. The maximum atomic E-state index is 5.70. The number of rotatable bonds is 7. The van der Waals surface area contributed by atoms with Crippen molar-refractivity contribution in [2.45, 2.75) is 6.92 Å². The van der Waals surface area contributed by atoms with Gasteiger partial charge in [-0.15, -0.1) is 0 Å². The number of benzene rings is 2. The molecule has 4 aromatic rings. The summed E-state index contributed by atoms with van der Waals surface area (Å²) < 4.78 is 16.5. The molecule has 4 rings (SSSR count). The molecule has 0 atom stereocenters. The number of anilines is 1. The summed E-state index contributed by atoms with van der Waals surface area (Å²) in [5.74, 6) is 2.86. The highest BCUT2D eigenvalue weighted by Gasteiger charge is 2.17. The summed E-state index contributed by atoms with van der Waals surface area (Å²) in [5.41, 5.74) is 4.60. The standard InChI is InChI=1S/C25H24N4O3/c1-16-7-10-18(11-8-16)20(14-17-9-12-21(30-3)22(15-17)31-4)25-28-24(29-32-25)19-6-5-13-27-23(19)26-2/h5-15H,1-4H3,(H,26,27). The van der Waals surface area contributed by atoms with Crippen LogP contribution in [-0.2, 0) is 0 Å². The Labute approximate surface area is 186 Å². The van der Waals surface area contributed by atoms with Gasteiger partial charge >= 0.3 is 0 Å².